The second kappa shape index (κ2) is 5.32. The molecular weight excluding hydrogens is 256 g/mol. The zero-order chi connectivity index (χ0) is 14.1. The summed E-state index contributed by atoms with van der Waals surface area (Å²) in [5.74, 6) is 1.27. The van der Waals surface area contributed by atoms with Gasteiger partial charge in [0.25, 0.3) is 5.91 Å². The van der Waals surface area contributed by atoms with E-state index in [2.05, 4.69) is 19.2 Å². The van der Waals surface area contributed by atoms with Gasteiger partial charge in [0, 0.05) is 25.2 Å². The van der Waals surface area contributed by atoms with Crippen LogP contribution < -0.4 is 14.8 Å². The molecule has 1 fully saturated rings. The second-order valence-electron chi connectivity index (χ2n) is 5.40. The lowest BCUT2D eigenvalue weighted by molar-refractivity contribution is 0.0535. The van der Waals surface area contributed by atoms with Crippen LogP contribution in [0.2, 0.25) is 0 Å². The van der Waals surface area contributed by atoms with Gasteiger partial charge in [-0.25, -0.2) is 0 Å². The third kappa shape index (κ3) is 2.22. The lowest BCUT2D eigenvalue weighted by atomic mass is 10.1. The minimum absolute atomic E-state index is 0.0221. The summed E-state index contributed by atoms with van der Waals surface area (Å²) in [6, 6.07) is 5.85. The van der Waals surface area contributed by atoms with Crippen LogP contribution in [0.25, 0.3) is 0 Å². The third-order valence-electron chi connectivity index (χ3n) is 3.86. The Bertz CT molecular complexity index is 508. The summed E-state index contributed by atoms with van der Waals surface area (Å²) in [7, 11) is 0. The van der Waals surface area contributed by atoms with Gasteiger partial charge in [-0.15, -0.1) is 0 Å². The molecule has 2 aliphatic rings. The van der Waals surface area contributed by atoms with Crippen molar-refractivity contribution in [2.75, 3.05) is 26.3 Å². The maximum Gasteiger partial charge on any atom is 0.258 e. The molecule has 0 aliphatic carbocycles. The van der Waals surface area contributed by atoms with Crippen LogP contribution in [0.15, 0.2) is 18.2 Å². The highest BCUT2D eigenvalue weighted by Crippen LogP contribution is 2.34. The number of carbonyl (C=O) groups is 1. The minimum atomic E-state index is 0.0221. The zero-order valence-corrected chi connectivity index (χ0v) is 11.9. The molecule has 0 spiro atoms. The summed E-state index contributed by atoms with van der Waals surface area (Å²) in [5, 5.41) is 3.33. The van der Waals surface area contributed by atoms with Gasteiger partial charge < -0.3 is 19.7 Å². The Kier molecular flexibility index (Phi) is 3.53. The number of nitrogens with one attached hydrogen (secondary N) is 1. The lowest BCUT2D eigenvalue weighted by Crippen LogP contribution is -2.57. The summed E-state index contributed by atoms with van der Waals surface area (Å²) in [4.78, 5) is 14.8. The Balaban J connectivity index is 1.94. The molecule has 1 saturated heterocycles. The van der Waals surface area contributed by atoms with Crippen LogP contribution in [0.5, 0.6) is 11.5 Å². The molecule has 0 aromatic heterocycles. The van der Waals surface area contributed by atoms with E-state index in [-0.39, 0.29) is 18.0 Å². The minimum Gasteiger partial charge on any atom is -0.486 e. The van der Waals surface area contributed by atoms with E-state index in [4.69, 9.17) is 9.47 Å². The predicted octanol–water partition coefficient (Wildman–Crippen LogP) is 1.28. The number of hydrogen-bond donors (Lipinski definition) is 1. The first-order chi connectivity index (χ1) is 9.68. The lowest BCUT2D eigenvalue weighted by Gasteiger charge is -2.39. The average molecular weight is 276 g/mol. The molecular formula is C15H20N2O3. The number of amides is 1. The molecule has 1 amide bonds. The van der Waals surface area contributed by atoms with E-state index in [1.165, 1.54) is 0 Å². The number of carbonyl (C=O) groups excluding carboxylic acids is 1. The number of ether oxygens (including phenoxy) is 2. The quantitative estimate of drug-likeness (QED) is 0.839. The number of nitrogens with zero attached hydrogens (tertiary/aromatic N) is 1. The molecule has 2 aliphatic heterocycles. The normalized spacial score (nSPS) is 25.4. The molecule has 2 atom stereocenters. The number of benzene rings is 1. The maximum atomic E-state index is 12.9. The van der Waals surface area contributed by atoms with Crippen molar-refractivity contribution in [1.29, 1.82) is 0 Å². The Labute approximate surface area is 118 Å². The monoisotopic (exact) mass is 276 g/mol. The Hall–Kier alpha value is -1.75. The van der Waals surface area contributed by atoms with Gasteiger partial charge in [0.1, 0.15) is 13.2 Å². The van der Waals surface area contributed by atoms with Crippen LogP contribution in [-0.2, 0) is 0 Å². The number of para-hydroxylation sites is 1. The molecule has 0 bridgehead atoms. The number of hydrogen-bond acceptors (Lipinski definition) is 4. The maximum absolute atomic E-state index is 12.9. The van der Waals surface area contributed by atoms with E-state index in [1.54, 1.807) is 0 Å². The summed E-state index contributed by atoms with van der Waals surface area (Å²) in [6.45, 7) is 6.79. The van der Waals surface area contributed by atoms with Gasteiger partial charge in [0.15, 0.2) is 11.5 Å². The Morgan fingerprint density at radius 1 is 1.20 bits per heavy atom. The largest absolute Gasteiger partial charge is 0.486 e. The molecule has 108 valence electrons. The topological polar surface area (TPSA) is 50.8 Å². The smallest absolute Gasteiger partial charge is 0.258 e. The molecule has 1 aromatic rings. The first kappa shape index (κ1) is 13.2. The van der Waals surface area contributed by atoms with Crippen molar-refractivity contribution in [1.82, 2.24) is 10.2 Å². The van der Waals surface area contributed by atoms with Crippen LogP contribution in [0.1, 0.15) is 24.2 Å². The highest BCUT2D eigenvalue weighted by atomic mass is 16.6. The van der Waals surface area contributed by atoms with Crippen molar-refractivity contribution in [3.8, 4) is 11.5 Å². The first-order valence-electron chi connectivity index (χ1n) is 7.10. The van der Waals surface area contributed by atoms with Crippen LogP contribution in [0, 0.1) is 0 Å². The van der Waals surface area contributed by atoms with Crippen molar-refractivity contribution < 1.29 is 14.3 Å². The van der Waals surface area contributed by atoms with Gasteiger partial charge in [0.2, 0.25) is 0 Å². The fourth-order valence-corrected chi connectivity index (χ4v) is 2.91. The van der Waals surface area contributed by atoms with Crippen molar-refractivity contribution in [2.45, 2.75) is 25.9 Å². The van der Waals surface area contributed by atoms with Crippen molar-refractivity contribution in [3.63, 3.8) is 0 Å². The van der Waals surface area contributed by atoms with E-state index in [1.807, 2.05) is 23.1 Å². The van der Waals surface area contributed by atoms with Gasteiger partial charge in [0.05, 0.1) is 5.56 Å². The van der Waals surface area contributed by atoms with E-state index < -0.39 is 0 Å². The average Bonchev–Trinajstić information content (AvgIpc) is 2.46. The Morgan fingerprint density at radius 3 is 2.65 bits per heavy atom. The van der Waals surface area contributed by atoms with Crippen molar-refractivity contribution >= 4 is 5.91 Å². The van der Waals surface area contributed by atoms with Crippen LogP contribution in [-0.4, -0.2) is 49.2 Å². The molecule has 5 nitrogen and oxygen atoms in total. The molecule has 1 N–H and O–H groups in total. The molecule has 0 saturated carbocycles. The van der Waals surface area contributed by atoms with Crippen LogP contribution >= 0.6 is 0 Å². The van der Waals surface area contributed by atoms with Gasteiger partial charge in [-0.3, -0.25) is 4.79 Å². The number of fused-ring (bicyclic) bond motifs is 1. The van der Waals surface area contributed by atoms with Gasteiger partial charge in [-0.1, -0.05) is 6.07 Å². The highest BCUT2D eigenvalue weighted by Gasteiger charge is 2.32. The summed E-state index contributed by atoms with van der Waals surface area (Å²) in [6.07, 6.45) is 0. The summed E-state index contributed by atoms with van der Waals surface area (Å²) < 4.78 is 11.2. The molecule has 0 radical (unpaired) electrons. The van der Waals surface area contributed by atoms with Crippen molar-refractivity contribution in [3.05, 3.63) is 23.8 Å². The molecule has 2 heterocycles. The fraction of sp³-hybridized carbons (Fsp3) is 0.533. The first-order valence-corrected chi connectivity index (χ1v) is 7.10. The molecule has 20 heavy (non-hydrogen) atoms. The van der Waals surface area contributed by atoms with Gasteiger partial charge in [-0.05, 0) is 26.0 Å². The number of rotatable bonds is 1. The molecule has 3 rings (SSSR count). The number of piperazine rings is 1. The standard InChI is InChI=1S/C15H20N2O3/c1-10-8-16-9-11(2)17(10)15(18)12-4-3-5-13-14(12)20-7-6-19-13/h3-5,10-11,16H,6-9H2,1-2H3. The molecule has 5 heteroatoms. The van der Waals surface area contributed by atoms with Crippen molar-refractivity contribution in [2.24, 2.45) is 0 Å². The van der Waals surface area contributed by atoms with Gasteiger partial charge >= 0.3 is 0 Å². The SMILES string of the molecule is CC1CNCC(C)N1C(=O)c1cccc2c1OCCO2. The van der Waals surface area contributed by atoms with Crippen LogP contribution in [0.3, 0.4) is 0 Å². The molecule has 1 aromatic carbocycles. The fourth-order valence-electron chi connectivity index (χ4n) is 2.91. The molecule has 2 unspecified atom stereocenters. The third-order valence-corrected chi connectivity index (χ3v) is 3.86. The van der Waals surface area contributed by atoms with E-state index in [0.29, 0.717) is 30.3 Å². The summed E-state index contributed by atoms with van der Waals surface area (Å²) >= 11 is 0. The van der Waals surface area contributed by atoms with Crippen LogP contribution in [0.4, 0.5) is 0 Å². The summed E-state index contributed by atoms with van der Waals surface area (Å²) in [5.41, 5.74) is 0.600. The van der Waals surface area contributed by atoms with E-state index in [9.17, 15) is 4.79 Å². The highest BCUT2D eigenvalue weighted by molar-refractivity contribution is 5.98. The zero-order valence-electron chi connectivity index (χ0n) is 11.9. The second-order valence-corrected chi connectivity index (χ2v) is 5.40. The van der Waals surface area contributed by atoms with E-state index >= 15 is 0 Å². The van der Waals surface area contributed by atoms with E-state index in [0.717, 1.165) is 13.1 Å². The van der Waals surface area contributed by atoms with Gasteiger partial charge in [-0.2, -0.15) is 0 Å². The Morgan fingerprint density at radius 2 is 1.90 bits per heavy atom. The predicted molar refractivity (Wildman–Crippen MR) is 75.4 cm³/mol.